The van der Waals surface area contributed by atoms with Gasteiger partial charge in [0.1, 0.15) is 0 Å². The van der Waals surface area contributed by atoms with Crippen LogP contribution < -0.4 is 4.72 Å². The molecule has 0 amide bonds. The van der Waals surface area contributed by atoms with Gasteiger partial charge in [0.25, 0.3) is 0 Å². The highest BCUT2D eigenvalue weighted by atomic mass is 35.5. The minimum atomic E-state index is -3.54. The van der Waals surface area contributed by atoms with Crippen LogP contribution in [0.15, 0.2) is 18.5 Å². The number of hydrogen-bond acceptors (Lipinski definition) is 3. The van der Waals surface area contributed by atoms with Gasteiger partial charge in [-0.1, -0.05) is 25.4 Å². The Kier molecular flexibility index (Phi) is 4.52. The molecule has 0 fully saturated rings. The van der Waals surface area contributed by atoms with Crippen LogP contribution in [0.25, 0.3) is 0 Å². The molecule has 1 rings (SSSR count). The molecule has 0 aliphatic rings. The molecule has 0 aliphatic carbocycles. The lowest BCUT2D eigenvalue weighted by Crippen LogP contribution is -2.35. The van der Waals surface area contributed by atoms with E-state index in [1.165, 1.54) is 22.8 Å². The molecule has 90 valence electrons. The lowest BCUT2D eigenvalue weighted by Gasteiger charge is -2.19. The number of hydrogen-bond donors (Lipinski definition) is 1. The zero-order valence-corrected chi connectivity index (χ0v) is 10.7. The Morgan fingerprint density at radius 2 is 2.06 bits per heavy atom. The molecule has 0 spiro atoms. The van der Waals surface area contributed by atoms with E-state index < -0.39 is 10.2 Å². The number of pyridine rings is 1. The van der Waals surface area contributed by atoms with Gasteiger partial charge in [0.2, 0.25) is 0 Å². The Balaban J connectivity index is 2.93. The van der Waals surface area contributed by atoms with Gasteiger partial charge in [-0.25, -0.2) is 0 Å². The SMILES string of the molecule is CCN(CC)S(=O)(=O)Nc1cnccc1Cl. The van der Waals surface area contributed by atoms with E-state index in [1.807, 2.05) is 0 Å². The summed E-state index contributed by atoms with van der Waals surface area (Å²) in [6, 6.07) is 1.53. The van der Waals surface area contributed by atoms with Crippen molar-refractivity contribution in [3.05, 3.63) is 23.5 Å². The van der Waals surface area contributed by atoms with Crippen LogP contribution >= 0.6 is 11.6 Å². The highest BCUT2D eigenvalue weighted by Crippen LogP contribution is 2.21. The number of halogens is 1. The normalized spacial score (nSPS) is 11.8. The molecule has 1 aromatic heterocycles. The molecule has 0 aromatic carbocycles. The maximum atomic E-state index is 11.8. The summed E-state index contributed by atoms with van der Waals surface area (Å²) in [4.78, 5) is 3.81. The van der Waals surface area contributed by atoms with Crippen molar-refractivity contribution >= 4 is 27.5 Å². The van der Waals surface area contributed by atoms with Crippen molar-refractivity contribution in [2.75, 3.05) is 17.8 Å². The van der Waals surface area contributed by atoms with Crippen molar-refractivity contribution in [3.8, 4) is 0 Å². The second-order valence-corrected chi connectivity index (χ2v) is 5.12. The fraction of sp³-hybridized carbons (Fsp3) is 0.444. The van der Waals surface area contributed by atoms with Gasteiger partial charge < -0.3 is 0 Å². The molecule has 0 saturated carbocycles. The number of nitrogens with zero attached hydrogens (tertiary/aromatic N) is 2. The van der Waals surface area contributed by atoms with Gasteiger partial charge >= 0.3 is 10.2 Å². The van der Waals surface area contributed by atoms with E-state index in [9.17, 15) is 8.42 Å². The van der Waals surface area contributed by atoms with Crippen LogP contribution in [-0.2, 0) is 10.2 Å². The molecule has 1 N–H and O–H groups in total. The molecule has 0 aliphatic heterocycles. The van der Waals surface area contributed by atoms with Crippen molar-refractivity contribution < 1.29 is 8.42 Å². The zero-order valence-electron chi connectivity index (χ0n) is 9.14. The topological polar surface area (TPSA) is 62.3 Å². The fourth-order valence-corrected chi connectivity index (χ4v) is 2.68. The van der Waals surface area contributed by atoms with Crippen molar-refractivity contribution in [1.82, 2.24) is 9.29 Å². The van der Waals surface area contributed by atoms with Crippen molar-refractivity contribution in [2.45, 2.75) is 13.8 Å². The van der Waals surface area contributed by atoms with Crippen LogP contribution in [0.4, 0.5) is 5.69 Å². The molecule has 16 heavy (non-hydrogen) atoms. The van der Waals surface area contributed by atoms with E-state index in [0.717, 1.165) is 0 Å². The summed E-state index contributed by atoms with van der Waals surface area (Å²) in [6.45, 7) is 4.36. The summed E-state index contributed by atoms with van der Waals surface area (Å²) in [5.74, 6) is 0. The predicted molar refractivity (Wildman–Crippen MR) is 64.7 cm³/mol. The van der Waals surface area contributed by atoms with E-state index in [-0.39, 0.29) is 5.69 Å². The first-order valence-corrected chi connectivity index (χ1v) is 6.70. The Bertz CT molecular complexity index is 446. The van der Waals surface area contributed by atoms with Crippen LogP contribution in [0.5, 0.6) is 0 Å². The average Bonchev–Trinajstić information content (AvgIpc) is 2.22. The molecule has 0 radical (unpaired) electrons. The Morgan fingerprint density at radius 3 is 2.56 bits per heavy atom. The second kappa shape index (κ2) is 5.47. The van der Waals surface area contributed by atoms with Crippen LogP contribution in [0.2, 0.25) is 5.02 Å². The van der Waals surface area contributed by atoms with Gasteiger partial charge in [-0.3, -0.25) is 9.71 Å². The van der Waals surface area contributed by atoms with Crippen LogP contribution in [-0.4, -0.2) is 30.8 Å². The highest BCUT2D eigenvalue weighted by Gasteiger charge is 2.19. The van der Waals surface area contributed by atoms with E-state index in [1.54, 1.807) is 13.8 Å². The third-order valence-electron chi connectivity index (χ3n) is 2.05. The minimum Gasteiger partial charge on any atom is -0.268 e. The third-order valence-corrected chi connectivity index (χ3v) is 4.06. The van der Waals surface area contributed by atoms with E-state index in [4.69, 9.17) is 11.6 Å². The monoisotopic (exact) mass is 263 g/mol. The Hall–Kier alpha value is -0.850. The lowest BCUT2D eigenvalue weighted by molar-refractivity contribution is 0.449. The molecule has 1 heterocycles. The molecule has 7 heteroatoms. The molecule has 0 bridgehead atoms. The van der Waals surface area contributed by atoms with Gasteiger partial charge in [0, 0.05) is 19.3 Å². The van der Waals surface area contributed by atoms with Gasteiger partial charge in [-0.15, -0.1) is 0 Å². The molecule has 0 unspecified atom stereocenters. The summed E-state index contributed by atoms with van der Waals surface area (Å²) in [5, 5.41) is 0.325. The van der Waals surface area contributed by atoms with Crippen LogP contribution in [0.3, 0.4) is 0 Å². The second-order valence-electron chi connectivity index (χ2n) is 3.05. The molecule has 5 nitrogen and oxygen atoms in total. The summed E-state index contributed by atoms with van der Waals surface area (Å²) < 4.78 is 27.4. The first kappa shape index (κ1) is 13.2. The smallest absolute Gasteiger partial charge is 0.268 e. The largest absolute Gasteiger partial charge is 0.301 e. The minimum absolute atomic E-state index is 0.288. The maximum absolute atomic E-state index is 11.8. The first-order chi connectivity index (χ1) is 7.51. The van der Waals surface area contributed by atoms with Gasteiger partial charge in [0.05, 0.1) is 16.9 Å². The van der Waals surface area contributed by atoms with E-state index in [0.29, 0.717) is 18.1 Å². The predicted octanol–water partition coefficient (Wildman–Crippen LogP) is 1.73. The summed E-state index contributed by atoms with van der Waals surface area (Å²) in [6.07, 6.45) is 2.88. The fourth-order valence-electron chi connectivity index (χ4n) is 1.22. The van der Waals surface area contributed by atoms with Gasteiger partial charge in [-0.2, -0.15) is 12.7 Å². The Labute approximate surface area is 101 Å². The lowest BCUT2D eigenvalue weighted by atomic mass is 10.4. The number of aromatic nitrogens is 1. The highest BCUT2D eigenvalue weighted by molar-refractivity contribution is 7.90. The van der Waals surface area contributed by atoms with Crippen LogP contribution in [0, 0.1) is 0 Å². The van der Waals surface area contributed by atoms with E-state index >= 15 is 0 Å². The first-order valence-electron chi connectivity index (χ1n) is 4.88. The van der Waals surface area contributed by atoms with Crippen molar-refractivity contribution in [3.63, 3.8) is 0 Å². The van der Waals surface area contributed by atoms with Gasteiger partial charge in [0.15, 0.2) is 0 Å². The molecular formula is C9H14ClN3O2S. The number of rotatable bonds is 5. The van der Waals surface area contributed by atoms with Crippen molar-refractivity contribution in [1.29, 1.82) is 0 Å². The van der Waals surface area contributed by atoms with Crippen LogP contribution in [0.1, 0.15) is 13.8 Å². The molecule has 0 atom stereocenters. The quantitative estimate of drug-likeness (QED) is 0.880. The summed E-state index contributed by atoms with van der Waals surface area (Å²) >= 11 is 5.84. The standard InChI is InChI=1S/C9H14ClN3O2S/c1-3-13(4-2)16(14,15)12-9-7-11-6-5-8(9)10/h5-7,12H,3-4H2,1-2H3. The van der Waals surface area contributed by atoms with Gasteiger partial charge in [-0.05, 0) is 6.07 Å². The van der Waals surface area contributed by atoms with Crippen molar-refractivity contribution in [2.24, 2.45) is 0 Å². The maximum Gasteiger partial charge on any atom is 0.301 e. The molecular weight excluding hydrogens is 250 g/mol. The number of anilines is 1. The summed E-state index contributed by atoms with van der Waals surface area (Å²) in [7, 11) is -3.54. The van der Waals surface area contributed by atoms with E-state index in [2.05, 4.69) is 9.71 Å². The Morgan fingerprint density at radius 1 is 1.44 bits per heavy atom. The third kappa shape index (κ3) is 3.07. The average molecular weight is 264 g/mol. The molecule has 0 saturated heterocycles. The summed E-state index contributed by atoms with van der Waals surface area (Å²) in [5.41, 5.74) is 0.288. The zero-order chi connectivity index (χ0) is 12.2. The number of nitrogens with one attached hydrogen (secondary N) is 1. The molecule has 1 aromatic rings.